The van der Waals surface area contributed by atoms with Crippen molar-refractivity contribution in [2.45, 2.75) is 26.2 Å². The van der Waals surface area contributed by atoms with Crippen LogP contribution in [0.2, 0.25) is 5.02 Å². The molecule has 3 heteroatoms. The van der Waals surface area contributed by atoms with Crippen molar-refractivity contribution in [3.8, 4) is 5.75 Å². The highest BCUT2D eigenvalue weighted by Gasteiger charge is 2.03. The zero-order chi connectivity index (χ0) is 10.4. The summed E-state index contributed by atoms with van der Waals surface area (Å²) in [6, 6.07) is 6.77. The van der Waals surface area contributed by atoms with E-state index >= 15 is 0 Å². The van der Waals surface area contributed by atoms with Gasteiger partial charge in [0, 0.05) is 11.4 Å². The Bertz CT molecular complexity index is 293. The Morgan fingerprint density at radius 2 is 2.00 bits per heavy atom. The number of hydrogen-bond donors (Lipinski definition) is 0. The molecule has 2 nitrogen and oxygen atoms in total. The van der Waals surface area contributed by atoms with Gasteiger partial charge in [-0.1, -0.05) is 24.9 Å². The zero-order valence-corrected chi connectivity index (χ0v) is 8.88. The van der Waals surface area contributed by atoms with Crippen LogP contribution in [0.1, 0.15) is 26.2 Å². The second-order valence-corrected chi connectivity index (χ2v) is 3.47. The number of esters is 1. The quantitative estimate of drug-likeness (QED) is 0.565. The fourth-order valence-electron chi connectivity index (χ4n) is 1.01. The average Bonchev–Trinajstić information content (AvgIpc) is 2.18. The van der Waals surface area contributed by atoms with E-state index in [0.29, 0.717) is 17.2 Å². The molecule has 0 saturated carbocycles. The van der Waals surface area contributed by atoms with Gasteiger partial charge in [-0.15, -0.1) is 0 Å². The third-order valence-corrected chi connectivity index (χ3v) is 2.03. The first kappa shape index (κ1) is 11.1. The predicted octanol–water partition coefficient (Wildman–Crippen LogP) is 3.44. The normalized spacial score (nSPS) is 9.86. The number of carbonyl (C=O) groups is 1. The molecule has 0 aromatic heterocycles. The third kappa shape index (κ3) is 3.79. The van der Waals surface area contributed by atoms with E-state index < -0.39 is 0 Å². The molecular weight excluding hydrogens is 200 g/mol. The summed E-state index contributed by atoms with van der Waals surface area (Å²) < 4.78 is 5.07. The van der Waals surface area contributed by atoms with Gasteiger partial charge in [0.05, 0.1) is 0 Å². The van der Waals surface area contributed by atoms with Gasteiger partial charge < -0.3 is 4.74 Å². The molecule has 0 bridgehead atoms. The maximum absolute atomic E-state index is 11.2. The molecule has 1 rings (SSSR count). The van der Waals surface area contributed by atoms with E-state index in [1.165, 1.54) is 0 Å². The highest BCUT2D eigenvalue weighted by Crippen LogP contribution is 2.16. The van der Waals surface area contributed by atoms with Crippen LogP contribution >= 0.6 is 11.6 Å². The van der Waals surface area contributed by atoms with E-state index in [2.05, 4.69) is 0 Å². The summed E-state index contributed by atoms with van der Waals surface area (Å²) in [7, 11) is 0. The minimum absolute atomic E-state index is 0.186. The Morgan fingerprint density at radius 1 is 1.36 bits per heavy atom. The highest BCUT2D eigenvalue weighted by molar-refractivity contribution is 6.30. The van der Waals surface area contributed by atoms with Crippen LogP contribution in [-0.4, -0.2) is 5.97 Å². The Labute approximate surface area is 88.8 Å². The van der Waals surface area contributed by atoms with Gasteiger partial charge in [0.2, 0.25) is 0 Å². The van der Waals surface area contributed by atoms with Gasteiger partial charge in [0.15, 0.2) is 0 Å². The maximum Gasteiger partial charge on any atom is 0.311 e. The molecule has 0 amide bonds. The van der Waals surface area contributed by atoms with E-state index in [4.69, 9.17) is 16.3 Å². The van der Waals surface area contributed by atoms with Gasteiger partial charge in [0.1, 0.15) is 5.75 Å². The Hall–Kier alpha value is -1.02. The highest BCUT2D eigenvalue weighted by atomic mass is 35.5. The lowest BCUT2D eigenvalue weighted by molar-refractivity contribution is -0.134. The maximum atomic E-state index is 11.2. The number of ether oxygens (including phenoxy) is 1. The Balaban J connectivity index is 2.44. The standard InChI is InChI=1S/C11H13ClO2/c1-2-3-4-11(13)14-10-7-5-9(12)6-8-10/h5-8H,2-4H2,1H3. The topological polar surface area (TPSA) is 26.3 Å². The summed E-state index contributed by atoms with van der Waals surface area (Å²) in [4.78, 5) is 11.2. The Morgan fingerprint density at radius 3 is 2.57 bits per heavy atom. The van der Waals surface area contributed by atoms with Crippen LogP contribution < -0.4 is 4.74 Å². The lowest BCUT2D eigenvalue weighted by atomic mass is 10.2. The SMILES string of the molecule is CCCCC(=O)Oc1ccc(Cl)cc1. The molecule has 76 valence electrons. The van der Waals surface area contributed by atoms with E-state index in [1.54, 1.807) is 24.3 Å². The molecule has 0 heterocycles. The van der Waals surface area contributed by atoms with Crippen molar-refractivity contribution in [2.75, 3.05) is 0 Å². The average molecular weight is 213 g/mol. The van der Waals surface area contributed by atoms with Crippen LogP contribution in [0.4, 0.5) is 0 Å². The zero-order valence-electron chi connectivity index (χ0n) is 8.13. The van der Waals surface area contributed by atoms with Gasteiger partial charge in [-0.25, -0.2) is 0 Å². The van der Waals surface area contributed by atoms with Crippen molar-refractivity contribution in [3.63, 3.8) is 0 Å². The van der Waals surface area contributed by atoms with Gasteiger partial charge in [-0.2, -0.15) is 0 Å². The molecule has 0 unspecified atom stereocenters. The van der Waals surface area contributed by atoms with E-state index in [-0.39, 0.29) is 5.97 Å². The van der Waals surface area contributed by atoms with Crippen LogP contribution in [0.25, 0.3) is 0 Å². The smallest absolute Gasteiger partial charge is 0.311 e. The van der Waals surface area contributed by atoms with E-state index in [9.17, 15) is 4.79 Å². The second kappa shape index (κ2) is 5.66. The number of unbranched alkanes of at least 4 members (excludes halogenated alkanes) is 1. The lowest BCUT2D eigenvalue weighted by Crippen LogP contribution is -2.06. The van der Waals surface area contributed by atoms with Crippen LogP contribution in [0.15, 0.2) is 24.3 Å². The predicted molar refractivity (Wildman–Crippen MR) is 56.6 cm³/mol. The number of rotatable bonds is 4. The fourth-order valence-corrected chi connectivity index (χ4v) is 1.13. The fraction of sp³-hybridized carbons (Fsp3) is 0.364. The van der Waals surface area contributed by atoms with Crippen LogP contribution in [-0.2, 0) is 4.79 Å². The summed E-state index contributed by atoms with van der Waals surface area (Å²) in [5.41, 5.74) is 0. The summed E-state index contributed by atoms with van der Waals surface area (Å²) in [5, 5.41) is 0.637. The Kier molecular flexibility index (Phi) is 4.47. The van der Waals surface area contributed by atoms with Crippen LogP contribution in [0, 0.1) is 0 Å². The first-order chi connectivity index (χ1) is 6.72. The molecule has 14 heavy (non-hydrogen) atoms. The van der Waals surface area contributed by atoms with Crippen molar-refractivity contribution >= 4 is 17.6 Å². The molecule has 0 saturated heterocycles. The summed E-state index contributed by atoms with van der Waals surface area (Å²) in [5.74, 6) is 0.365. The van der Waals surface area contributed by atoms with Crippen LogP contribution in [0.3, 0.4) is 0 Å². The largest absolute Gasteiger partial charge is 0.427 e. The van der Waals surface area contributed by atoms with Crippen molar-refractivity contribution in [1.29, 1.82) is 0 Å². The van der Waals surface area contributed by atoms with Gasteiger partial charge in [-0.3, -0.25) is 4.79 Å². The molecule has 0 fully saturated rings. The molecule has 0 aliphatic rings. The molecule has 0 aliphatic heterocycles. The summed E-state index contributed by atoms with van der Waals surface area (Å²) in [6.45, 7) is 2.04. The molecule has 1 aromatic carbocycles. The van der Waals surface area contributed by atoms with Gasteiger partial charge >= 0.3 is 5.97 Å². The minimum atomic E-state index is -0.186. The number of carbonyl (C=O) groups excluding carboxylic acids is 1. The molecule has 0 spiro atoms. The first-order valence-corrected chi connectivity index (χ1v) is 5.06. The number of benzene rings is 1. The third-order valence-electron chi connectivity index (χ3n) is 1.78. The van der Waals surface area contributed by atoms with Crippen molar-refractivity contribution < 1.29 is 9.53 Å². The van der Waals surface area contributed by atoms with E-state index in [1.807, 2.05) is 6.92 Å². The number of halogens is 1. The minimum Gasteiger partial charge on any atom is -0.427 e. The molecule has 1 aromatic rings. The van der Waals surface area contributed by atoms with Crippen molar-refractivity contribution in [2.24, 2.45) is 0 Å². The summed E-state index contributed by atoms with van der Waals surface area (Å²) >= 11 is 5.69. The van der Waals surface area contributed by atoms with Gasteiger partial charge in [-0.05, 0) is 30.7 Å². The molecule has 0 N–H and O–H groups in total. The number of hydrogen-bond acceptors (Lipinski definition) is 2. The van der Waals surface area contributed by atoms with Crippen molar-refractivity contribution in [1.82, 2.24) is 0 Å². The second-order valence-electron chi connectivity index (χ2n) is 3.03. The monoisotopic (exact) mass is 212 g/mol. The van der Waals surface area contributed by atoms with Crippen molar-refractivity contribution in [3.05, 3.63) is 29.3 Å². The van der Waals surface area contributed by atoms with Gasteiger partial charge in [0.25, 0.3) is 0 Å². The molecule has 0 radical (unpaired) electrons. The molecule has 0 aliphatic carbocycles. The van der Waals surface area contributed by atoms with Crippen LogP contribution in [0.5, 0.6) is 5.75 Å². The lowest BCUT2D eigenvalue weighted by Gasteiger charge is -2.02. The first-order valence-electron chi connectivity index (χ1n) is 4.68. The molecular formula is C11H13ClO2. The molecule has 0 atom stereocenters. The summed E-state index contributed by atoms with van der Waals surface area (Å²) in [6.07, 6.45) is 2.33. The van der Waals surface area contributed by atoms with E-state index in [0.717, 1.165) is 12.8 Å².